The maximum Gasteiger partial charge on any atom is 0.410 e. The summed E-state index contributed by atoms with van der Waals surface area (Å²) >= 11 is 0. The van der Waals surface area contributed by atoms with Crippen molar-refractivity contribution in [3.63, 3.8) is 0 Å². The van der Waals surface area contributed by atoms with Gasteiger partial charge in [0.15, 0.2) is 6.10 Å². The Bertz CT molecular complexity index is 711. The number of aliphatic hydroxyl groups is 1. The molecule has 1 fully saturated rings. The summed E-state index contributed by atoms with van der Waals surface area (Å²) in [4.78, 5) is 28.6. The topological polar surface area (TPSA) is 88.5 Å². The molecule has 1 saturated heterocycles. The first-order valence-electron chi connectivity index (χ1n) is 11.3. The first-order chi connectivity index (χ1) is 15.1. The molecule has 2 atom stereocenters. The van der Waals surface area contributed by atoms with Crippen molar-refractivity contribution in [1.82, 2.24) is 9.80 Å². The average Bonchev–Trinajstić information content (AvgIpc) is 2.74. The zero-order valence-corrected chi connectivity index (χ0v) is 20.0. The van der Waals surface area contributed by atoms with Crippen LogP contribution >= 0.6 is 0 Å². The molecule has 0 aromatic heterocycles. The number of benzene rings is 1. The van der Waals surface area contributed by atoms with Crippen molar-refractivity contribution in [2.24, 2.45) is 5.92 Å². The molecule has 1 aromatic carbocycles. The highest BCUT2D eigenvalue weighted by Crippen LogP contribution is 2.16. The van der Waals surface area contributed by atoms with Gasteiger partial charge in [-0.1, -0.05) is 44.2 Å². The molecule has 0 unspecified atom stereocenters. The minimum Gasteiger partial charge on any atom is -0.459 e. The molecule has 1 N–H and O–H groups in total. The Morgan fingerprint density at radius 2 is 1.69 bits per heavy atom. The molecule has 1 amide bonds. The number of rotatable bonds is 9. The smallest absolute Gasteiger partial charge is 0.410 e. The molecular formula is C24H38N2O6. The summed E-state index contributed by atoms with van der Waals surface area (Å²) in [5, 5.41) is 9.91. The molecule has 180 valence electrons. The lowest BCUT2D eigenvalue weighted by Gasteiger charge is -2.39. The summed E-state index contributed by atoms with van der Waals surface area (Å²) < 4.78 is 16.8. The maximum atomic E-state index is 12.6. The van der Waals surface area contributed by atoms with E-state index in [2.05, 4.69) is 4.90 Å². The normalized spacial score (nSPS) is 17.2. The molecule has 0 bridgehead atoms. The van der Waals surface area contributed by atoms with Gasteiger partial charge in [-0.15, -0.1) is 0 Å². The molecule has 8 heteroatoms. The Morgan fingerprint density at radius 3 is 2.22 bits per heavy atom. The molecule has 8 nitrogen and oxygen atoms in total. The van der Waals surface area contributed by atoms with Gasteiger partial charge in [0.2, 0.25) is 0 Å². The lowest BCUT2D eigenvalue weighted by atomic mass is 10.1. The van der Waals surface area contributed by atoms with Crippen molar-refractivity contribution in [3.05, 3.63) is 35.9 Å². The predicted octanol–water partition coefficient (Wildman–Crippen LogP) is 2.68. The van der Waals surface area contributed by atoms with Crippen LogP contribution in [-0.2, 0) is 25.6 Å². The standard InChI is InChI=1S/C24H38N2O6/c1-18(2)21(22(28)31-16-19-9-7-6-8-10-19)30-17-20(15-27)25-11-13-26(14-12-25)23(29)32-24(3,4)5/h6-10,18,20-21,27H,11-17H2,1-5H3/t20-,21-/m0/s1. The fourth-order valence-electron chi connectivity index (χ4n) is 3.43. The molecule has 0 aliphatic carbocycles. The van der Waals surface area contributed by atoms with Crippen molar-refractivity contribution in [1.29, 1.82) is 0 Å². The third kappa shape index (κ3) is 8.41. The van der Waals surface area contributed by atoms with Crippen LogP contribution in [0.1, 0.15) is 40.2 Å². The number of ether oxygens (including phenoxy) is 3. The van der Waals surface area contributed by atoms with Crippen LogP contribution in [0.4, 0.5) is 4.79 Å². The molecule has 1 heterocycles. The van der Waals surface area contributed by atoms with E-state index in [9.17, 15) is 14.7 Å². The van der Waals surface area contributed by atoms with Crippen LogP contribution in [0, 0.1) is 5.92 Å². The lowest BCUT2D eigenvalue weighted by molar-refractivity contribution is -0.163. The van der Waals surface area contributed by atoms with Crippen LogP contribution in [0.15, 0.2) is 30.3 Å². The molecule has 0 radical (unpaired) electrons. The number of nitrogens with zero attached hydrogens (tertiary/aromatic N) is 2. The molecule has 1 aliphatic rings. The van der Waals surface area contributed by atoms with Crippen molar-refractivity contribution < 1.29 is 28.9 Å². The first-order valence-corrected chi connectivity index (χ1v) is 11.3. The fourth-order valence-corrected chi connectivity index (χ4v) is 3.43. The summed E-state index contributed by atoms with van der Waals surface area (Å²) in [6.07, 6.45) is -1.04. The molecule has 32 heavy (non-hydrogen) atoms. The van der Waals surface area contributed by atoms with E-state index in [1.165, 1.54) is 0 Å². The number of carbonyl (C=O) groups is 2. The Hall–Kier alpha value is -2.16. The maximum absolute atomic E-state index is 12.6. The van der Waals surface area contributed by atoms with Crippen molar-refractivity contribution in [2.45, 2.75) is 59.0 Å². The second-order valence-electron chi connectivity index (χ2n) is 9.43. The SMILES string of the molecule is CC(C)[C@H](OC[C@H](CO)N1CCN(C(=O)OC(C)(C)C)CC1)C(=O)OCc1ccccc1. The van der Waals surface area contributed by atoms with Crippen molar-refractivity contribution >= 4 is 12.1 Å². The van der Waals surface area contributed by atoms with Gasteiger partial charge >= 0.3 is 12.1 Å². The molecular weight excluding hydrogens is 412 g/mol. The number of aliphatic hydroxyl groups excluding tert-OH is 1. The van der Waals surface area contributed by atoms with Gasteiger partial charge < -0.3 is 24.2 Å². The van der Waals surface area contributed by atoms with E-state index in [0.29, 0.717) is 26.2 Å². The minimum absolute atomic E-state index is 0.0679. The number of carbonyl (C=O) groups excluding carboxylic acids is 2. The van der Waals surface area contributed by atoms with Gasteiger partial charge in [0.25, 0.3) is 0 Å². The molecule has 0 saturated carbocycles. The molecule has 1 aromatic rings. The van der Waals surface area contributed by atoms with E-state index >= 15 is 0 Å². The zero-order valence-electron chi connectivity index (χ0n) is 20.0. The molecule has 2 rings (SSSR count). The van der Waals surface area contributed by atoms with Gasteiger partial charge in [-0.25, -0.2) is 9.59 Å². The minimum atomic E-state index is -0.712. The van der Waals surface area contributed by atoms with Gasteiger partial charge in [0, 0.05) is 26.2 Å². The molecule has 1 aliphatic heterocycles. The van der Waals surface area contributed by atoms with E-state index in [-0.39, 0.29) is 37.9 Å². The highest BCUT2D eigenvalue weighted by atomic mass is 16.6. The highest BCUT2D eigenvalue weighted by molar-refractivity contribution is 5.75. The number of esters is 1. The quantitative estimate of drug-likeness (QED) is 0.579. The summed E-state index contributed by atoms with van der Waals surface area (Å²) in [6, 6.07) is 9.24. The Kier molecular flexibility index (Phi) is 9.93. The van der Waals surface area contributed by atoms with Gasteiger partial charge in [0.05, 0.1) is 19.3 Å². The van der Waals surface area contributed by atoms with Crippen LogP contribution in [0.3, 0.4) is 0 Å². The van der Waals surface area contributed by atoms with E-state index in [4.69, 9.17) is 14.2 Å². The van der Waals surface area contributed by atoms with Crippen molar-refractivity contribution in [3.8, 4) is 0 Å². The fraction of sp³-hybridized carbons (Fsp3) is 0.667. The first kappa shape index (κ1) is 26.1. The predicted molar refractivity (Wildman–Crippen MR) is 121 cm³/mol. The summed E-state index contributed by atoms with van der Waals surface area (Å²) in [5.74, 6) is -0.475. The molecule has 0 spiro atoms. The summed E-state index contributed by atoms with van der Waals surface area (Å²) in [7, 11) is 0. The van der Waals surface area contributed by atoms with Gasteiger partial charge in [0.1, 0.15) is 12.2 Å². The van der Waals surface area contributed by atoms with Crippen LogP contribution < -0.4 is 0 Å². The van der Waals surface area contributed by atoms with Crippen LogP contribution in [0.5, 0.6) is 0 Å². The third-order valence-corrected chi connectivity index (χ3v) is 5.22. The average molecular weight is 451 g/mol. The second kappa shape index (κ2) is 12.2. The summed E-state index contributed by atoms with van der Waals surface area (Å²) in [5.41, 5.74) is 0.385. The second-order valence-corrected chi connectivity index (χ2v) is 9.43. The number of amides is 1. The number of hydrogen-bond acceptors (Lipinski definition) is 7. The van der Waals surface area contributed by atoms with E-state index < -0.39 is 17.7 Å². The van der Waals surface area contributed by atoms with Crippen molar-refractivity contribution in [2.75, 3.05) is 39.4 Å². The highest BCUT2D eigenvalue weighted by Gasteiger charge is 2.31. The monoisotopic (exact) mass is 450 g/mol. The van der Waals surface area contributed by atoms with Gasteiger partial charge in [-0.05, 0) is 32.3 Å². The largest absolute Gasteiger partial charge is 0.459 e. The lowest BCUT2D eigenvalue weighted by Crippen LogP contribution is -2.55. The third-order valence-electron chi connectivity index (χ3n) is 5.22. The van der Waals surface area contributed by atoms with Crippen LogP contribution in [0.2, 0.25) is 0 Å². The zero-order chi connectivity index (χ0) is 23.7. The van der Waals surface area contributed by atoms with E-state index in [1.807, 2.05) is 65.0 Å². The number of piperazine rings is 1. The van der Waals surface area contributed by atoms with Crippen LogP contribution in [0.25, 0.3) is 0 Å². The van der Waals surface area contributed by atoms with E-state index in [0.717, 1.165) is 5.56 Å². The number of hydrogen-bond donors (Lipinski definition) is 1. The van der Waals surface area contributed by atoms with Gasteiger partial charge in [-0.2, -0.15) is 0 Å². The van der Waals surface area contributed by atoms with Gasteiger partial charge in [-0.3, -0.25) is 4.90 Å². The van der Waals surface area contributed by atoms with E-state index in [1.54, 1.807) is 4.90 Å². The van der Waals surface area contributed by atoms with Crippen LogP contribution in [-0.4, -0.2) is 84.1 Å². The summed E-state index contributed by atoms with van der Waals surface area (Å²) in [6.45, 7) is 11.9. The Balaban J connectivity index is 1.83. The Morgan fingerprint density at radius 1 is 1.06 bits per heavy atom. The Labute approximate surface area is 191 Å².